The molecule has 1 fully saturated rings. The molecule has 1 aliphatic heterocycles. The maximum atomic E-state index is 11.6. The van der Waals surface area contributed by atoms with Crippen molar-refractivity contribution in [2.45, 2.75) is 24.8 Å². The SMILES string of the molecule is O=C(O)C1=CN(C2CC2)C=C(C(=O)O)C1c1ccccc1. The Hall–Kier alpha value is -2.56. The van der Waals surface area contributed by atoms with Crippen molar-refractivity contribution in [1.29, 1.82) is 0 Å². The topological polar surface area (TPSA) is 77.8 Å². The zero-order valence-corrected chi connectivity index (χ0v) is 11.3. The number of carboxylic acid groups (broad SMARTS) is 2. The van der Waals surface area contributed by atoms with Crippen LogP contribution in [0.5, 0.6) is 0 Å². The van der Waals surface area contributed by atoms with Crippen molar-refractivity contribution in [2.75, 3.05) is 0 Å². The first kappa shape index (κ1) is 13.4. The number of benzene rings is 1. The van der Waals surface area contributed by atoms with E-state index in [4.69, 9.17) is 0 Å². The molecule has 5 heteroatoms. The van der Waals surface area contributed by atoms with Crippen LogP contribution < -0.4 is 0 Å². The molecule has 21 heavy (non-hydrogen) atoms. The number of hydrogen-bond acceptors (Lipinski definition) is 3. The summed E-state index contributed by atoms with van der Waals surface area (Å²) in [5.74, 6) is -2.90. The van der Waals surface area contributed by atoms with E-state index in [-0.39, 0.29) is 17.2 Å². The minimum atomic E-state index is -1.08. The first-order chi connectivity index (χ1) is 10.1. The minimum absolute atomic E-state index is 0.105. The molecule has 1 aromatic carbocycles. The van der Waals surface area contributed by atoms with Crippen LogP contribution in [-0.4, -0.2) is 33.1 Å². The van der Waals surface area contributed by atoms with Gasteiger partial charge in [-0.15, -0.1) is 0 Å². The molecule has 108 valence electrons. The highest BCUT2D eigenvalue weighted by molar-refractivity contribution is 5.97. The summed E-state index contributed by atoms with van der Waals surface area (Å²) in [4.78, 5) is 24.9. The van der Waals surface area contributed by atoms with Crippen LogP contribution in [-0.2, 0) is 9.59 Å². The summed E-state index contributed by atoms with van der Waals surface area (Å²) >= 11 is 0. The van der Waals surface area contributed by atoms with Crippen molar-refractivity contribution < 1.29 is 19.8 Å². The number of aliphatic carboxylic acids is 2. The third-order valence-corrected chi connectivity index (χ3v) is 3.79. The van der Waals surface area contributed by atoms with Gasteiger partial charge in [-0.2, -0.15) is 0 Å². The molecule has 0 unspecified atom stereocenters. The summed E-state index contributed by atoms with van der Waals surface area (Å²) in [6.07, 6.45) is 5.07. The van der Waals surface area contributed by atoms with Crippen molar-refractivity contribution in [3.8, 4) is 0 Å². The van der Waals surface area contributed by atoms with Gasteiger partial charge in [0.2, 0.25) is 0 Å². The largest absolute Gasteiger partial charge is 0.478 e. The van der Waals surface area contributed by atoms with E-state index in [9.17, 15) is 19.8 Å². The molecule has 0 atom stereocenters. The van der Waals surface area contributed by atoms with Crippen LogP contribution in [0, 0.1) is 0 Å². The van der Waals surface area contributed by atoms with Gasteiger partial charge in [0.05, 0.1) is 17.1 Å². The van der Waals surface area contributed by atoms with E-state index in [1.54, 1.807) is 41.6 Å². The van der Waals surface area contributed by atoms with Gasteiger partial charge >= 0.3 is 11.9 Å². The smallest absolute Gasteiger partial charge is 0.334 e. The summed E-state index contributed by atoms with van der Waals surface area (Å²) in [5, 5.41) is 18.9. The Labute approximate surface area is 121 Å². The van der Waals surface area contributed by atoms with Gasteiger partial charge in [0.1, 0.15) is 0 Å². The number of rotatable bonds is 4. The van der Waals surface area contributed by atoms with Crippen molar-refractivity contribution in [3.63, 3.8) is 0 Å². The number of nitrogens with zero attached hydrogens (tertiary/aromatic N) is 1. The zero-order valence-electron chi connectivity index (χ0n) is 11.3. The lowest BCUT2D eigenvalue weighted by Gasteiger charge is -2.28. The molecule has 2 aliphatic rings. The third-order valence-electron chi connectivity index (χ3n) is 3.79. The lowest BCUT2D eigenvalue weighted by Crippen LogP contribution is -2.28. The first-order valence-electron chi connectivity index (χ1n) is 6.80. The van der Waals surface area contributed by atoms with Gasteiger partial charge in [0.25, 0.3) is 0 Å². The Bertz CT molecular complexity index is 612. The second-order valence-electron chi connectivity index (χ2n) is 5.30. The molecule has 1 heterocycles. The summed E-state index contributed by atoms with van der Waals surface area (Å²) in [5.41, 5.74) is 0.885. The highest BCUT2D eigenvalue weighted by Gasteiger charge is 2.37. The normalized spacial score (nSPS) is 19.0. The van der Waals surface area contributed by atoms with Gasteiger partial charge in [-0.05, 0) is 18.4 Å². The predicted molar refractivity (Wildman–Crippen MR) is 75.5 cm³/mol. The van der Waals surface area contributed by atoms with E-state index >= 15 is 0 Å². The molecule has 1 aromatic rings. The van der Waals surface area contributed by atoms with Crippen LogP contribution in [0.2, 0.25) is 0 Å². The van der Waals surface area contributed by atoms with Crippen LogP contribution in [0.1, 0.15) is 24.3 Å². The predicted octanol–water partition coefficient (Wildman–Crippen LogP) is 2.19. The molecule has 1 aliphatic carbocycles. The summed E-state index contributed by atoms with van der Waals surface area (Å²) in [7, 11) is 0. The lowest BCUT2D eigenvalue weighted by molar-refractivity contribution is -0.133. The molecule has 0 saturated heterocycles. The maximum Gasteiger partial charge on any atom is 0.334 e. The average molecular weight is 285 g/mol. The van der Waals surface area contributed by atoms with Crippen molar-refractivity contribution in [1.82, 2.24) is 4.90 Å². The van der Waals surface area contributed by atoms with Gasteiger partial charge in [0.15, 0.2) is 0 Å². The van der Waals surface area contributed by atoms with Crippen LogP contribution in [0.15, 0.2) is 53.9 Å². The first-order valence-corrected chi connectivity index (χ1v) is 6.80. The van der Waals surface area contributed by atoms with Crippen molar-refractivity contribution in [2.24, 2.45) is 0 Å². The molecule has 0 aromatic heterocycles. The fourth-order valence-electron chi connectivity index (χ4n) is 2.62. The molecule has 0 spiro atoms. The monoisotopic (exact) mass is 285 g/mol. The van der Waals surface area contributed by atoms with Gasteiger partial charge < -0.3 is 15.1 Å². The third kappa shape index (κ3) is 2.54. The number of carboxylic acids is 2. The number of hydrogen-bond donors (Lipinski definition) is 2. The van der Waals surface area contributed by atoms with E-state index in [0.29, 0.717) is 5.56 Å². The highest BCUT2D eigenvalue weighted by Crippen LogP contribution is 2.39. The lowest BCUT2D eigenvalue weighted by atomic mass is 9.83. The van der Waals surface area contributed by atoms with Gasteiger partial charge in [-0.3, -0.25) is 0 Å². The second-order valence-corrected chi connectivity index (χ2v) is 5.30. The van der Waals surface area contributed by atoms with Crippen molar-refractivity contribution in [3.05, 3.63) is 59.4 Å². The van der Waals surface area contributed by atoms with E-state index in [1.165, 1.54) is 0 Å². The zero-order chi connectivity index (χ0) is 15.0. The van der Waals surface area contributed by atoms with E-state index in [0.717, 1.165) is 12.8 Å². The van der Waals surface area contributed by atoms with E-state index < -0.39 is 17.9 Å². The standard InChI is InChI=1S/C16H15NO4/c18-15(19)12-8-17(11-6-7-11)9-13(16(20)21)14(12)10-4-2-1-3-5-10/h1-5,8-9,11,14H,6-7H2,(H,18,19)(H,20,21). The summed E-state index contributed by atoms with van der Waals surface area (Å²) < 4.78 is 0. The van der Waals surface area contributed by atoms with Gasteiger partial charge in [-0.1, -0.05) is 30.3 Å². The Balaban J connectivity index is 2.09. The molecule has 1 saturated carbocycles. The average Bonchev–Trinajstić information content (AvgIpc) is 3.31. The van der Waals surface area contributed by atoms with Gasteiger partial charge in [0, 0.05) is 18.4 Å². The Kier molecular flexibility index (Phi) is 3.25. The molecule has 2 N–H and O–H groups in total. The van der Waals surface area contributed by atoms with Crippen LogP contribution in [0.3, 0.4) is 0 Å². The molecule has 0 radical (unpaired) electrons. The van der Waals surface area contributed by atoms with Crippen LogP contribution >= 0.6 is 0 Å². The second kappa shape index (κ2) is 5.09. The molecule has 0 amide bonds. The molecule has 0 bridgehead atoms. The maximum absolute atomic E-state index is 11.6. The van der Waals surface area contributed by atoms with E-state index in [2.05, 4.69) is 0 Å². The molecular formula is C16H15NO4. The van der Waals surface area contributed by atoms with Crippen molar-refractivity contribution >= 4 is 11.9 Å². The molecular weight excluding hydrogens is 270 g/mol. The molecule has 5 nitrogen and oxygen atoms in total. The highest BCUT2D eigenvalue weighted by atomic mass is 16.4. The minimum Gasteiger partial charge on any atom is -0.478 e. The van der Waals surface area contributed by atoms with Crippen LogP contribution in [0.25, 0.3) is 0 Å². The van der Waals surface area contributed by atoms with Crippen LogP contribution in [0.4, 0.5) is 0 Å². The number of carbonyl (C=O) groups is 2. The Morgan fingerprint density at radius 2 is 1.48 bits per heavy atom. The fraction of sp³-hybridized carbons (Fsp3) is 0.250. The molecule has 3 rings (SSSR count). The Morgan fingerprint density at radius 1 is 0.952 bits per heavy atom. The quantitative estimate of drug-likeness (QED) is 0.886. The summed E-state index contributed by atoms with van der Waals surface area (Å²) in [6.45, 7) is 0. The van der Waals surface area contributed by atoms with Gasteiger partial charge in [-0.25, -0.2) is 9.59 Å². The summed E-state index contributed by atoms with van der Waals surface area (Å²) in [6, 6.07) is 9.11. The van der Waals surface area contributed by atoms with E-state index in [1.807, 2.05) is 6.07 Å². The fourth-order valence-corrected chi connectivity index (χ4v) is 2.62. The Morgan fingerprint density at radius 3 is 1.90 bits per heavy atom.